The molecule has 3 rings (SSSR count). The van der Waals surface area contributed by atoms with Crippen LogP contribution in [0.1, 0.15) is 19.3 Å². The van der Waals surface area contributed by atoms with Gasteiger partial charge in [-0.25, -0.2) is 13.4 Å². The highest BCUT2D eigenvalue weighted by atomic mass is 32.2. The highest BCUT2D eigenvalue weighted by Crippen LogP contribution is 2.22. The largest absolute Gasteiger partial charge is 0.381 e. The Balaban J connectivity index is 1.48. The Bertz CT molecular complexity index is 548. The van der Waals surface area contributed by atoms with E-state index in [1.54, 1.807) is 21.8 Å². The van der Waals surface area contributed by atoms with Crippen LogP contribution in [0.4, 0.5) is 5.13 Å². The summed E-state index contributed by atoms with van der Waals surface area (Å²) in [4.78, 5) is 6.45. The van der Waals surface area contributed by atoms with Crippen molar-refractivity contribution < 1.29 is 13.2 Å². The number of aromatic nitrogens is 1. The fourth-order valence-corrected chi connectivity index (χ4v) is 5.32. The number of sulfonamides is 1. The van der Waals surface area contributed by atoms with Crippen molar-refractivity contribution in [1.82, 2.24) is 9.29 Å². The summed E-state index contributed by atoms with van der Waals surface area (Å²) in [5, 5.41) is 2.94. The van der Waals surface area contributed by atoms with Crippen LogP contribution in [0.25, 0.3) is 0 Å². The molecule has 0 saturated carbocycles. The third-order valence-electron chi connectivity index (χ3n) is 4.45. The zero-order chi connectivity index (χ0) is 15.4. The molecule has 8 heteroatoms. The van der Waals surface area contributed by atoms with Crippen molar-refractivity contribution in [2.24, 2.45) is 5.92 Å². The molecule has 0 N–H and O–H groups in total. The molecule has 0 unspecified atom stereocenters. The van der Waals surface area contributed by atoms with E-state index in [0.717, 1.165) is 50.7 Å². The number of hydrogen-bond acceptors (Lipinski definition) is 6. The third-order valence-corrected chi connectivity index (χ3v) is 7.18. The van der Waals surface area contributed by atoms with Gasteiger partial charge in [0.1, 0.15) is 0 Å². The number of anilines is 1. The predicted molar refractivity (Wildman–Crippen MR) is 87.8 cm³/mol. The molecule has 0 atom stereocenters. The summed E-state index contributed by atoms with van der Waals surface area (Å²) < 4.78 is 31.9. The van der Waals surface area contributed by atoms with Crippen LogP contribution in [-0.4, -0.2) is 62.9 Å². The normalized spacial score (nSPS) is 22.1. The van der Waals surface area contributed by atoms with Crippen LogP contribution in [0.3, 0.4) is 0 Å². The molecule has 2 fully saturated rings. The molecule has 0 aromatic carbocycles. The van der Waals surface area contributed by atoms with Crippen LogP contribution in [0, 0.1) is 5.92 Å². The monoisotopic (exact) mass is 345 g/mol. The van der Waals surface area contributed by atoms with Gasteiger partial charge in [0.15, 0.2) is 5.13 Å². The van der Waals surface area contributed by atoms with Crippen LogP contribution >= 0.6 is 11.3 Å². The Morgan fingerprint density at radius 2 is 1.95 bits per heavy atom. The maximum absolute atomic E-state index is 12.5. The lowest BCUT2D eigenvalue weighted by Gasteiger charge is -2.34. The summed E-state index contributed by atoms with van der Waals surface area (Å²) in [5.41, 5.74) is 0. The molecule has 2 aliphatic heterocycles. The van der Waals surface area contributed by atoms with E-state index in [1.807, 2.05) is 5.38 Å². The lowest BCUT2D eigenvalue weighted by Crippen LogP contribution is -2.49. The summed E-state index contributed by atoms with van der Waals surface area (Å²) in [6, 6.07) is 0. The average molecular weight is 345 g/mol. The van der Waals surface area contributed by atoms with Crippen molar-refractivity contribution in [3.63, 3.8) is 0 Å². The molecule has 2 saturated heterocycles. The Kier molecular flexibility index (Phi) is 5.33. The van der Waals surface area contributed by atoms with Gasteiger partial charge in [-0.2, -0.15) is 4.31 Å². The molecule has 124 valence electrons. The first-order chi connectivity index (χ1) is 10.6. The topological polar surface area (TPSA) is 62.7 Å². The number of piperazine rings is 1. The van der Waals surface area contributed by atoms with Crippen molar-refractivity contribution in [3.05, 3.63) is 11.6 Å². The fourth-order valence-electron chi connectivity index (χ4n) is 3.01. The van der Waals surface area contributed by atoms with E-state index in [-0.39, 0.29) is 5.75 Å². The van der Waals surface area contributed by atoms with Crippen molar-refractivity contribution in [1.29, 1.82) is 0 Å². The lowest BCUT2D eigenvalue weighted by molar-refractivity contribution is 0.0655. The maximum atomic E-state index is 12.5. The summed E-state index contributed by atoms with van der Waals surface area (Å²) in [6.07, 6.45) is 4.54. The molecule has 6 nitrogen and oxygen atoms in total. The predicted octanol–water partition coefficient (Wildman–Crippen LogP) is 1.41. The minimum absolute atomic E-state index is 0.273. The second-order valence-electron chi connectivity index (χ2n) is 5.86. The van der Waals surface area contributed by atoms with E-state index < -0.39 is 10.0 Å². The molecule has 22 heavy (non-hydrogen) atoms. The van der Waals surface area contributed by atoms with Gasteiger partial charge in [0, 0.05) is 51.0 Å². The summed E-state index contributed by atoms with van der Waals surface area (Å²) in [6.45, 7) is 4.13. The SMILES string of the molecule is O=S(=O)(CCC1CCOCC1)N1CCN(c2nccs2)CC1. The first-order valence-electron chi connectivity index (χ1n) is 7.85. The van der Waals surface area contributed by atoms with E-state index in [0.29, 0.717) is 19.0 Å². The Morgan fingerprint density at radius 3 is 2.59 bits per heavy atom. The molecular formula is C14H23N3O3S2. The summed E-state index contributed by atoms with van der Waals surface area (Å²) in [7, 11) is -3.13. The van der Waals surface area contributed by atoms with Crippen LogP contribution in [0.5, 0.6) is 0 Å². The molecule has 0 radical (unpaired) electrons. The van der Waals surface area contributed by atoms with Crippen LogP contribution in [-0.2, 0) is 14.8 Å². The second-order valence-corrected chi connectivity index (χ2v) is 8.82. The molecule has 3 heterocycles. The fraction of sp³-hybridized carbons (Fsp3) is 0.786. The molecule has 0 amide bonds. The van der Waals surface area contributed by atoms with E-state index >= 15 is 0 Å². The second kappa shape index (κ2) is 7.25. The molecule has 0 aliphatic carbocycles. The van der Waals surface area contributed by atoms with Gasteiger partial charge >= 0.3 is 0 Å². The number of rotatable bonds is 5. The number of ether oxygens (including phenoxy) is 1. The summed E-state index contributed by atoms with van der Waals surface area (Å²) in [5.74, 6) is 0.773. The molecule has 2 aliphatic rings. The minimum atomic E-state index is -3.13. The highest BCUT2D eigenvalue weighted by Gasteiger charge is 2.28. The minimum Gasteiger partial charge on any atom is -0.381 e. The highest BCUT2D eigenvalue weighted by molar-refractivity contribution is 7.89. The van der Waals surface area contributed by atoms with Gasteiger partial charge in [-0.1, -0.05) is 0 Å². The van der Waals surface area contributed by atoms with E-state index in [2.05, 4.69) is 9.88 Å². The van der Waals surface area contributed by atoms with Gasteiger partial charge in [-0.3, -0.25) is 0 Å². The molecule has 0 bridgehead atoms. The Hall–Kier alpha value is -0.700. The summed E-state index contributed by atoms with van der Waals surface area (Å²) >= 11 is 1.60. The standard InChI is InChI=1S/C14H23N3O3S2/c18-22(19,12-3-13-1-9-20-10-2-13)17-7-5-16(6-8-17)14-15-4-11-21-14/h4,11,13H,1-3,5-10,12H2. The molecule has 0 spiro atoms. The third kappa shape index (κ3) is 3.98. The Morgan fingerprint density at radius 1 is 1.23 bits per heavy atom. The smallest absolute Gasteiger partial charge is 0.214 e. The molecular weight excluding hydrogens is 322 g/mol. The number of thiazole rings is 1. The average Bonchev–Trinajstić information content (AvgIpc) is 3.09. The van der Waals surface area contributed by atoms with Gasteiger partial charge in [0.2, 0.25) is 10.0 Å². The van der Waals surface area contributed by atoms with E-state index in [1.165, 1.54) is 0 Å². The molecule has 1 aromatic heterocycles. The van der Waals surface area contributed by atoms with Gasteiger partial charge in [0.25, 0.3) is 0 Å². The van der Waals surface area contributed by atoms with Crippen molar-refractivity contribution >= 4 is 26.5 Å². The first-order valence-corrected chi connectivity index (χ1v) is 10.3. The lowest BCUT2D eigenvalue weighted by atomic mass is 9.98. The zero-order valence-electron chi connectivity index (χ0n) is 12.7. The Labute approximate surface area is 136 Å². The van der Waals surface area contributed by atoms with Crippen LogP contribution < -0.4 is 4.90 Å². The van der Waals surface area contributed by atoms with Gasteiger partial charge < -0.3 is 9.64 Å². The number of hydrogen-bond donors (Lipinski definition) is 0. The van der Waals surface area contributed by atoms with Gasteiger partial charge in [-0.15, -0.1) is 11.3 Å². The van der Waals surface area contributed by atoms with Crippen molar-refractivity contribution in [2.45, 2.75) is 19.3 Å². The van der Waals surface area contributed by atoms with Gasteiger partial charge in [-0.05, 0) is 25.2 Å². The maximum Gasteiger partial charge on any atom is 0.214 e. The zero-order valence-corrected chi connectivity index (χ0v) is 14.3. The van der Waals surface area contributed by atoms with E-state index in [9.17, 15) is 8.42 Å². The van der Waals surface area contributed by atoms with Crippen molar-refractivity contribution in [2.75, 3.05) is 50.0 Å². The van der Waals surface area contributed by atoms with Gasteiger partial charge in [0.05, 0.1) is 5.75 Å². The molecule has 1 aromatic rings. The van der Waals surface area contributed by atoms with Crippen LogP contribution in [0.15, 0.2) is 11.6 Å². The first kappa shape index (κ1) is 16.2. The van der Waals surface area contributed by atoms with Crippen LogP contribution in [0.2, 0.25) is 0 Å². The van der Waals surface area contributed by atoms with E-state index in [4.69, 9.17) is 4.74 Å². The quantitative estimate of drug-likeness (QED) is 0.807. The number of nitrogens with zero attached hydrogens (tertiary/aromatic N) is 3. The van der Waals surface area contributed by atoms with Crippen molar-refractivity contribution in [3.8, 4) is 0 Å².